The number of nitrogens with two attached hydrogens (primary N) is 1. The van der Waals surface area contributed by atoms with Gasteiger partial charge in [-0.2, -0.15) is 4.98 Å². The minimum Gasteiger partial charge on any atom is -0.472 e. The molecule has 0 saturated carbocycles. The molecule has 0 aliphatic rings. The Hall–Kier alpha value is -1.62. The molecule has 2 heterocycles. The highest BCUT2D eigenvalue weighted by atomic mass is 16.5. The summed E-state index contributed by atoms with van der Waals surface area (Å²) >= 11 is 0. The van der Waals surface area contributed by atoms with Crippen molar-refractivity contribution in [3.63, 3.8) is 0 Å². The van der Waals surface area contributed by atoms with E-state index in [1.807, 2.05) is 6.07 Å². The zero-order chi connectivity index (χ0) is 11.2. The van der Waals surface area contributed by atoms with E-state index in [4.69, 9.17) is 14.7 Å². The van der Waals surface area contributed by atoms with Gasteiger partial charge in [-0.05, 0) is 25.5 Å². The van der Waals surface area contributed by atoms with Crippen LogP contribution in [0.5, 0.6) is 0 Å². The zero-order valence-corrected chi connectivity index (χ0v) is 9.06. The predicted molar refractivity (Wildman–Crippen MR) is 58.6 cm³/mol. The predicted octanol–water partition coefficient (Wildman–Crippen LogP) is 2.00. The summed E-state index contributed by atoms with van der Waals surface area (Å²) in [5.74, 6) is 1.26. The van der Waals surface area contributed by atoms with Gasteiger partial charge in [0.15, 0.2) is 0 Å². The van der Waals surface area contributed by atoms with E-state index in [-0.39, 0.29) is 0 Å². The maximum absolute atomic E-state index is 5.41. The highest BCUT2D eigenvalue weighted by Gasteiger charge is 2.08. The summed E-state index contributed by atoms with van der Waals surface area (Å²) in [5, 5.41) is 3.89. The van der Waals surface area contributed by atoms with E-state index in [1.54, 1.807) is 12.5 Å². The Kier molecular flexibility index (Phi) is 3.71. The van der Waals surface area contributed by atoms with Crippen LogP contribution in [0.3, 0.4) is 0 Å². The molecular formula is C11H15N3O2. The molecule has 0 radical (unpaired) electrons. The molecule has 0 amide bonds. The molecule has 2 rings (SSSR count). The van der Waals surface area contributed by atoms with Gasteiger partial charge in [-0.3, -0.25) is 0 Å². The zero-order valence-electron chi connectivity index (χ0n) is 9.06. The van der Waals surface area contributed by atoms with E-state index >= 15 is 0 Å². The normalized spacial score (nSPS) is 10.8. The molecule has 0 aromatic carbocycles. The molecule has 86 valence electrons. The first-order valence-electron chi connectivity index (χ1n) is 5.45. The quantitative estimate of drug-likeness (QED) is 0.755. The summed E-state index contributed by atoms with van der Waals surface area (Å²) in [4.78, 5) is 4.28. The van der Waals surface area contributed by atoms with Gasteiger partial charge in [-0.1, -0.05) is 11.6 Å². The second kappa shape index (κ2) is 5.46. The molecule has 0 aliphatic carbocycles. The lowest BCUT2D eigenvalue weighted by atomic mass is 10.2. The number of aromatic nitrogens is 2. The van der Waals surface area contributed by atoms with Crippen LogP contribution >= 0.6 is 0 Å². The molecule has 0 atom stereocenters. The maximum Gasteiger partial charge on any atom is 0.226 e. The Morgan fingerprint density at radius 1 is 1.25 bits per heavy atom. The van der Waals surface area contributed by atoms with Gasteiger partial charge in [0.2, 0.25) is 11.7 Å². The fraction of sp³-hybridized carbons (Fsp3) is 0.455. The van der Waals surface area contributed by atoms with Crippen molar-refractivity contribution >= 4 is 0 Å². The minimum absolute atomic E-state index is 0.586. The molecule has 0 spiro atoms. The Balaban J connectivity index is 1.88. The number of rotatable bonds is 6. The van der Waals surface area contributed by atoms with Gasteiger partial charge < -0.3 is 14.7 Å². The molecule has 2 aromatic heterocycles. The summed E-state index contributed by atoms with van der Waals surface area (Å²) in [6.45, 7) is 0.740. The van der Waals surface area contributed by atoms with Crippen molar-refractivity contribution in [2.75, 3.05) is 6.54 Å². The lowest BCUT2D eigenvalue weighted by molar-refractivity contribution is 0.374. The number of hydrogen-bond donors (Lipinski definition) is 1. The van der Waals surface area contributed by atoms with Crippen LogP contribution in [0.15, 0.2) is 27.5 Å². The average Bonchev–Trinajstić information content (AvgIpc) is 2.94. The van der Waals surface area contributed by atoms with Gasteiger partial charge in [0.05, 0.1) is 11.8 Å². The van der Waals surface area contributed by atoms with E-state index in [0.29, 0.717) is 11.7 Å². The van der Waals surface area contributed by atoms with E-state index in [9.17, 15) is 0 Å². The van der Waals surface area contributed by atoms with Crippen LogP contribution in [0.25, 0.3) is 11.4 Å². The van der Waals surface area contributed by atoms with Gasteiger partial charge in [-0.15, -0.1) is 0 Å². The molecular weight excluding hydrogens is 206 g/mol. The van der Waals surface area contributed by atoms with Crippen molar-refractivity contribution in [3.05, 3.63) is 24.5 Å². The molecule has 16 heavy (non-hydrogen) atoms. The molecule has 2 N–H and O–H groups in total. The van der Waals surface area contributed by atoms with Crippen LogP contribution < -0.4 is 5.73 Å². The summed E-state index contributed by atoms with van der Waals surface area (Å²) in [6.07, 6.45) is 7.17. The van der Waals surface area contributed by atoms with E-state index in [1.165, 1.54) is 0 Å². The Morgan fingerprint density at radius 3 is 2.94 bits per heavy atom. The molecule has 5 nitrogen and oxygen atoms in total. The lowest BCUT2D eigenvalue weighted by Gasteiger charge is -1.93. The monoisotopic (exact) mass is 221 g/mol. The minimum atomic E-state index is 0.586. The van der Waals surface area contributed by atoms with Crippen molar-refractivity contribution in [2.45, 2.75) is 25.7 Å². The van der Waals surface area contributed by atoms with Crippen molar-refractivity contribution in [1.29, 1.82) is 0 Å². The number of unbranched alkanes of at least 4 members (excludes halogenated alkanes) is 2. The van der Waals surface area contributed by atoms with Crippen molar-refractivity contribution in [2.24, 2.45) is 5.73 Å². The first kappa shape index (κ1) is 10.9. The Labute approximate surface area is 93.6 Å². The third kappa shape index (κ3) is 2.70. The lowest BCUT2D eigenvalue weighted by Crippen LogP contribution is -1.98. The van der Waals surface area contributed by atoms with E-state index in [2.05, 4.69) is 10.1 Å². The first-order chi connectivity index (χ1) is 7.90. The van der Waals surface area contributed by atoms with Crippen LogP contribution in [0, 0.1) is 0 Å². The van der Waals surface area contributed by atoms with E-state index < -0.39 is 0 Å². The largest absolute Gasteiger partial charge is 0.472 e. The van der Waals surface area contributed by atoms with E-state index in [0.717, 1.165) is 37.8 Å². The highest BCUT2D eigenvalue weighted by Crippen LogP contribution is 2.16. The molecule has 0 fully saturated rings. The number of nitrogens with zero attached hydrogens (tertiary/aromatic N) is 2. The van der Waals surface area contributed by atoms with Crippen LogP contribution in [0.4, 0.5) is 0 Å². The number of furan rings is 1. The SMILES string of the molecule is NCCCCCc1nc(-c2ccoc2)no1. The second-order valence-electron chi connectivity index (χ2n) is 3.62. The summed E-state index contributed by atoms with van der Waals surface area (Å²) in [6, 6.07) is 1.81. The van der Waals surface area contributed by atoms with Gasteiger partial charge in [0.25, 0.3) is 0 Å². The van der Waals surface area contributed by atoms with Crippen LogP contribution in [0.1, 0.15) is 25.2 Å². The van der Waals surface area contributed by atoms with Crippen molar-refractivity contribution in [1.82, 2.24) is 10.1 Å². The third-order valence-electron chi connectivity index (χ3n) is 2.34. The number of hydrogen-bond acceptors (Lipinski definition) is 5. The fourth-order valence-electron chi connectivity index (χ4n) is 1.46. The highest BCUT2D eigenvalue weighted by molar-refractivity contribution is 5.51. The fourth-order valence-corrected chi connectivity index (χ4v) is 1.46. The summed E-state index contributed by atoms with van der Waals surface area (Å²) < 4.78 is 10.1. The smallest absolute Gasteiger partial charge is 0.226 e. The molecule has 0 unspecified atom stereocenters. The van der Waals surface area contributed by atoms with Crippen molar-refractivity contribution in [3.8, 4) is 11.4 Å². The summed E-state index contributed by atoms with van der Waals surface area (Å²) in [5.41, 5.74) is 6.26. The topological polar surface area (TPSA) is 78.1 Å². The average molecular weight is 221 g/mol. The second-order valence-corrected chi connectivity index (χ2v) is 3.62. The van der Waals surface area contributed by atoms with Gasteiger partial charge in [0.1, 0.15) is 6.26 Å². The molecule has 2 aromatic rings. The molecule has 5 heteroatoms. The van der Waals surface area contributed by atoms with Gasteiger partial charge in [0, 0.05) is 6.42 Å². The molecule has 0 aliphatic heterocycles. The summed E-state index contributed by atoms with van der Waals surface area (Å²) in [7, 11) is 0. The Morgan fingerprint density at radius 2 is 2.19 bits per heavy atom. The third-order valence-corrected chi connectivity index (χ3v) is 2.34. The number of aryl methyl sites for hydroxylation is 1. The van der Waals surface area contributed by atoms with Crippen LogP contribution in [-0.2, 0) is 6.42 Å². The van der Waals surface area contributed by atoms with Crippen molar-refractivity contribution < 1.29 is 8.94 Å². The van der Waals surface area contributed by atoms with Crippen LogP contribution in [0.2, 0.25) is 0 Å². The Bertz CT molecular complexity index is 409. The maximum atomic E-state index is 5.41. The van der Waals surface area contributed by atoms with Gasteiger partial charge >= 0.3 is 0 Å². The first-order valence-corrected chi connectivity index (χ1v) is 5.45. The standard InChI is InChI=1S/C11H15N3O2/c12-6-3-1-2-4-10-13-11(14-16-10)9-5-7-15-8-9/h5,7-8H,1-4,6,12H2. The molecule has 0 saturated heterocycles. The van der Waals surface area contributed by atoms with Gasteiger partial charge in [-0.25, -0.2) is 0 Å². The van der Waals surface area contributed by atoms with Crippen LogP contribution in [-0.4, -0.2) is 16.7 Å². The molecule has 0 bridgehead atoms.